The zero-order valence-electron chi connectivity index (χ0n) is 10.1. The van der Waals surface area contributed by atoms with E-state index >= 15 is 0 Å². The summed E-state index contributed by atoms with van der Waals surface area (Å²) in [4.78, 5) is 19.1. The largest absolute Gasteiger partial charge is 0.481 e. The van der Waals surface area contributed by atoms with Crippen LogP contribution in [0.1, 0.15) is 41.0 Å². The Labute approximate surface area is 122 Å². The van der Waals surface area contributed by atoms with Crippen LogP contribution in [0.4, 0.5) is 0 Å². The minimum absolute atomic E-state index is 0. The average Bonchev–Trinajstić information content (AvgIpc) is 1.87. The first-order chi connectivity index (χ1) is 5.79. The van der Waals surface area contributed by atoms with Crippen molar-refractivity contribution in [3.8, 4) is 0 Å². The maximum atomic E-state index is 9.70. The van der Waals surface area contributed by atoms with Gasteiger partial charge < -0.3 is 16.8 Å². The van der Waals surface area contributed by atoms with E-state index in [1.807, 2.05) is 6.92 Å². The number of ketones is 1. The third-order valence-electron chi connectivity index (χ3n) is 0.494. The molecule has 0 aliphatic heterocycles. The van der Waals surface area contributed by atoms with Crippen molar-refractivity contribution in [1.82, 2.24) is 0 Å². The zero-order valence-corrected chi connectivity index (χ0v) is 13.8. The standard InChI is InChI=1S/C4H8O2.C3H6O.C3H7.HI.V/c1-3(2)4(5)6;1-3(2)4;1-3-2;;/h3H,1-2H3,(H,5,6);1-2H3;1,3H2,2H3;1H;/q;;-1;;. The number of carbonyl (C=O) groups is 2. The molecule has 0 unspecified atom stereocenters. The Kier molecular flexibility index (Phi) is 47.2. The molecule has 1 radical (unpaired) electrons. The molecular weight excluding hydrogens is 346 g/mol. The van der Waals surface area contributed by atoms with Gasteiger partial charge in [-0.05, 0) is 13.8 Å². The van der Waals surface area contributed by atoms with Gasteiger partial charge in [0.05, 0.1) is 5.92 Å². The molecule has 0 aliphatic rings. The van der Waals surface area contributed by atoms with Gasteiger partial charge in [-0.3, -0.25) is 4.79 Å². The van der Waals surface area contributed by atoms with Gasteiger partial charge in [-0.2, -0.15) is 6.42 Å². The number of aliphatic carboxylic acids is 1. The summed E-state index contributed by atoms with van der Waals surface area (Å²) in [5.41, 5.74) is 0. The first-order valence-electron chi connectivity index (χ1n) is 4.28. The van der Waals surface area contributed by atoms with E-state index in [1.165, 1.54) is 13.8 Å². The van der Waals surface area contributed by atoms with Crippen LogP contribution >= 0.6 is 24.0 Å². The van der Waals surface area contributed by atoms with Crippen molar-refractivity contribution in [2.24, 2.45) is 5.92 Å². The fourth-order valence-corrected chi connectivity index (χ4v) is 0. The van der Waals surface area contributed by atoms with Crippen molar-refractivity contribution in [2.45, 2.75) is 41.0 Å². The van der Waals surface area contributed by atoms with Crippen molar-refractivity contribution in [1.29, 1.82) is 0 Å². The number of hydrogen-bond donors (Lipinski definition) is 1. The van der Waals surface area contributed by atoms with E-state index in [4.69, 9.17) is 5.11 Å². The molecule has 0 fully saturated rings. The quantitative estimate of drug-likeness (QED) is 0.572. The minimum Gasteiger partial charge on any atom is -0.481 e. The molecule has 0 spiro atoms. The number of carbonyl (C=O) groups excluding carboxylic acids is 1. The van der Waals surface area contributed by atoms with Crippen molar-refractivity contribution >= 4 is 35.7 Å². The van der Waals surface area contributed by atoms with Crippen molar-refractivity contribution < 1.29 is 33.3 Å². The van der Waals surface area contributed by atoms with Crippen LogP contribution in [0.25, 0.3) is 0 Å². The van der Waals surface area contributed by atoms with Crippen molar-refractivity contribution in [3.05, 3.63) is 6.92 Å². The zero-order chi connectivity index (χ0) is 11.4. The van der Waals surface area contributed by atoms with E-state index in [9.17, 15) is 9.59 Å². The Balaban J connectivity index is -0.0000000332. The molecule has 0 aromatic rings. The third-order valence-corrected chi connectivity index (χ3v) is 0.494. The molecule has 3 nitrogen and oxygen atoms in total. The molecule has 0 aromatic carbocycles. The molecule has 93 valence electrons. The van der Waals surface area contributed by atoms with Gasteiger partial charge in [0, 0.05) is 18.6 Å². The second kappa shape index (κ2) is 23.9. The van der Waals surface area contributed by atoms with Gasteiger partial charge in [0.25, 0.3) is 0 Å². The fraction of sp³-hybridized carbons (Fsp3) is 0.700. The van der Waals surface area contributed by atoms with E-state index in [1.54, 1.807) is 13.8 Å². The predicted molar refractivity (Wildman–Crippen MR) is 69.9 cm³/mol. The molecule has 0 aliphatic carbocycles. The molecule has 0 saturated heterocycles. The van der Waals surface area contributed by atoms with Crippen LogP contribution < -0.4 is 0 Å². The fourth-order valence-electron chi connectivity index (χ4n) is 0. The second-order valence-corrected chi connectivity index (χ2v) is 2.90. The Morgan fingerprint density at radius 1 is 1.27 bits per heavy atom. The van der Waals surface area contributed by atoms with E-state index in [2.05, 4.69) is 6.92 Å². The normalized spacial score (nSPS) is 6.60. The topological polar surface area (TPSA) is 54.4 Å². The van der Waals surface area contributed by atoms with Crippen molar-refractivity contribution in [2.75, 3.05) is 0 Å². The monoisotopic (exact) mass is 368 g/mol. The summed E-state index contributed by atoms with van der Waals surface area (Å²) in [5, 5.41) is 7.99. The van der Waals surface area contributed by atoms with Crippen LogP contribution in [0.3, 0.4) is 0 Å². The van der Waals surface area contributed by atoms with Crippen LogP contribution in [0.2, 0.25) is 0 Å². The molecule has 1 N–H and O–H groups in total. The SMILES string of the molecule is CC(C)=O.CC(C)C(=O)O.I.[CH2-]CC.[V]. The molecular formula is C10H22IO3V-. The third kappa shape index (κ3) is 113. The number of Topliss-reactive ketones (excluding diaryl/α,β-unsaturated/α-hetero) is 1. The summed E-state index contributed by atoms with van der Waals surface area (Å²) in [6, 6.07) is 0. The molecule has 0 bridgehead atoms. The van der Waals surface area contributed by atoms with E-state index < -0.39 is 5.97 Å². The molecule has 0 amide bonds. The number of halogens is 1. The molecule has 0 saturated carbocycles. The van der Waals surface area contributed by atoms with Gasteiger partial charge in [0.1, 0.15) is 5.78 Å². The maximum absolute atomic E-state index is 9.70. The number of carboxylic acid groups (broad SMARTS) is 1. The summed E-state index contributed by atoms with van der Waals surface area (Å²) in [5.74, 6) is -0.806. The number of hydrogen-bond acceptors (Lipinski definition) is 2. The first kappa shape index (κ1) is 29.5. The molecule has 0 heterocycles. The van der Waals surface area contributed by atoms with Gasteiger partial charge in [-0.15, -0.1) is 24.0 Å². The summed E-state index contributed by atoms with van der Waals surface area (Å²) in [6.45, 7) is 11.8. The van der Waals surface area contributed by atoms with Crippen LogP contribution in [-0.4, -0.2) is 16.9 Å². The van der Waals surface area contributed by atoms with Gasteiger partial charge in [-0.25, -0.2) is 0 Å². The predicted octanol–water partition coefficient (Wildman–Crippen LogP) is 3.17. The Morgan fingerprint density at radius 3 is 1.33 bits per heavy atom. The smallest absolute Gasteiger partial charge is 0.305 e. The molecule has 5 heteroatoms. The molecule has 0 atom stereocenters. The van der Waals surface area contributed by atoms with Gasteiger partial charge in [0.15, 0.2) is 0 Å². The maximum Gasteiger partial charge on any atom is 0.305 e. The minimum atomic E-state index is -0.741. The van der Waals surface area contributed by atoms with Gasteiger partial charge in [-0.1, -0.05) is 20.8 Å². The van der Waals surface area contributed by atoms with E-state index in [0.29, 0.717) is 0 Å². The Bertz CT molecular complexity index is 135. The first-order valence-corrected chi connectivity index (χ1v) is 4.28. The van der Waals surface area contributed by atoms with Crippen molar-refractivity contribution in [3.63, 3.8) is 0 Å². The average molecular weight is 368 g/mol. The Morgan fingerprint density at radius 2 is 1.33 bits per heavy atom. The van der Waals surface area contributed by atoms with Gasteiger partial charge in [0.2, 0.25) is 0 Å². The van der Waals surface area contributed by atoms with Gasteiger partial charge >= 0.3 is 5.97 Å². The van der Waals surface area contributed by atoms with Crippen LogP contribution in [0, 0.1) is 12.8 Å². The second-order valence-electron chi connectivity index (χ2n) is 2.90. The summed E-state index contributed by atoms with van der Waals surface area (Å²) >= 11 is 0. The number of rotatable bonds is 1. The molecule has 15 heavy (non-hydrogen) atoms. The Hall–Kier alpha value is 0.454. The summed E-state index contributed by atoms with van der Waals surface area (Å²) < 4.78 is 0. The van der Waals surface area contributed by atoms with Crippen LogP contribution in [0.15, 0.2) is 0 Å². The van der Waals surface area contributed by atoms with E-state index in [-0.39, 0.29) is 54.2 Å². The van der Waals surface area contributed by atoms with Crippen LogP contribution in [0.5, 0.6) is 0 Å². The molecule has 0 aromatic heterocycles. The molecule has 0 rings (SSSR count). The van der Waals surface area contributed by atoms with Crippen LogP contribution in [-0.2, 0) is 28.1 Å². The van der Waals surface area contributed by atoms with E-state index in [0.717, 1.165) is 6.42 Å². The number of carboxylic acids is 1. The summed E-state index contributed by atoms with van der Waals surface area (Å²) in [6.07, 6.45) is 1.00. The summed E-state index contributed by atoms with van der Waals surface area (Å²) in [7, 11) is 0.